The summed E-state index contributed by atoms with van der Waals surface area (Å²) in [6.45, 7) is 7.27. The van der Waals surface area contributed by atoms with Crippen LogP contribution in [0.5, 0.6) is 0 Å². The molecular formula is C19H28N2O5. The highest BCUT2D eigenvalue weighted by atomic mass is 16.5. The van der Waals surface area contributed by atoms with Crippen molar-refractivity contribution in [3.05, 3.63) is 35.4 Å². The van der Waals surface area contributed by atoms with Crippen molar-refractivity contribution in [3.63, 3.8) is 0 Å². The quantitative estimate of drug-likeness (QED) is 0.552. The Morgan fingerprint density at radius 2 is 1.85 bits per heavy atom. The molecule has 144 valence electrons. The number of amides is 1. The Kier molecular flexibility index (Phi) is 8.03. The van der Waals surface area contributed by atoms with Crippen molar-refractivity contribution in [2.45, 2.75) is 32.6 Å². The van der Waals surface area contributed by atoms with Gasteiger partial charge in [0.2, 0.25) is 0 Å². The van der Waals surface area contributed by atoms with Gasteiger partial charge in [-0.2, -0.15) is 0 Å². The Bertz CT molecular complexity index is 580. The summed E-state index contributed by atoms with van der Waals surface area (Å²) in [7, 11) is 1.55. The van der Waals surface area contributed by atoms with Crippen molar-refractivity contribution in [3.8, 4) is 0 Å². The Labute approximate surface area is 154 Å². The average Bonchev–Trinajstić information content (AvgIpc) is 2.59. The number of rotatable bonds is 8. The van der Waals surface area contributed by atoms with Gasteiger partial charge >= 0.3 is 5.97 Å². The molecule has 0 spiro atoms. The number of carbonyl (C=O) groups is 2. The number of methoxy groups -OCH3 is 1. The van der Waals surface area contributed by atoms with Gasteiger partial charge in [0.25, 0.3) is 5.91 Å². The van der Waals surface area contributed by atoms with Gasteiger partial charge in [-0.3, -0.25) is 9.69 Å². The molecule has 0 radical (unpaired) electrons. The van der Waals surface area contributed by atoms with E-state index < -0.39 is 5.97 Å². The lowest BCUT2D eigenvalue weighted by Crippen LogP contribution is -2.44. The zero-order valence-corrected chi connectivity index (χ0v) is 15.7. The van der Waals surface area contributed by atoms with Gasteiger partial charge in [-0.1, -0.05) is 12.1 Å². The summed E-state index contributed by atoms with van der Waals surface area (Å²) in [6.07, 6.45) is 0.450. The molecule has 2 atom stereocenters. The summed E-state index contributed by atoms with van der Waals surface area (Å²) < 4.78 is 15.6. The molecule has 0 saturated carbocycles. The van der Waals surface area contributed by atoms with Crippen LogP contribution in [0.3, 0.4) is 0 Å². The van der Waals surface area contributed by atoms with Crippen LogP contribution in [0.15, 0.2) is 24.3 Å². The lowest BCUT2D eigenvalue weighted by atomic mass is 10.1. The fourth-order valence-corrected chi connectivity index (χ4v) is 2.98. The fourth-order valence-electron chi connectivity index (χ4n) is 2.98. The van der Waals surface area contributed by atoms with E-state index in [0.29, 0.717) is 18.7 Å². The van der Waals surface area contributed by atoms with E-state index in [9.17, 15) is 9.59 Å². The lowest BCUT2D eigenvalue weighted by Gasteiger charge is -2.35. The van der Waals surface area contributed by atoms with Crippen LogP contribution in [0.4, 0.5) is 0 Å². The van der Waals surface area contributed by atoms with E-state index in [4.69, 9.17) is 14.2 Å². The highest BCUT2D eigenvalue weighted by Crippen LogP contribution is 2.15. The monoisotopic (exact) mass is 364 g/mol. The maximum Gasteiger partial charge on any atom is 0.338 e. The fraction of sp³-hybridized carbons (Fsp3) is 0.579. The molecule has 7 nitrogen and oxygen atoms in total. The molecule has 2 unspecified atom stereocenters. The first-order valence-corrected chi connectivity index (χ1v) is 8.87. The Morgan fingerprint density at radius 1 is 1.19 bits per heavy atom. The predicted molar refractivity (Wildman–Crippen MR) is 96.9 cm³/mol. The number of hydrogen-bond donors (Lipinski definition) is 1. The van der Waals surface area contributed by atoms with E-state index in [1.54, 1.807) is 19.2 Å². The number of ether oxygens (including phenoxy) is 3. The summed E-state index contributed by atoms with van der Waals surface area (Å²) in [5, 5.41) is 2.60. The minimum Gasteiger partial charge on any atom is -0.452 e. The Hall–Kier alpha value is -1.96. The molecule has 1 N–H and O–H groups in total. The minimum absolute atomic E-state index is 0.225. The normalized spacial score (nSPS) is 20.6. The summed E-state index contributed by atoms with van der Waals surface area (Å²) in [5.74, 6) is -0.852. The first kappa shape index (κ1) is 20.4. The van der Waals surface area contributed by atoms with Crippen LogP contribution >= 0.6 is 0 Å². The number of carbonyl (C=O) groups excluding carboxylic acids is 2. The van der Waals surface area contributed by atoms with Gasteiger partial charge < -0.3 is 19.5 Å². The number of nitrogens with one attached hydrogen (secondary N) is 1. The van der Waals surface area contributed by atoms with Crippen LogP contribution in [-0.2, 0) is 25.5 Å². The zero-order chi connectivity index (χ0) is 18.9. The highest BCUT2D eigenvalue weighted by Gasteiger charge is 2.22. The third kappa shape index (κ3) is 6.74. The second-order valence-corrected chi connectivity index (χ2v) is 6.57. The van der Waals surface area contributed by atoms with E-state index in [1.165, 1.54) is 0 Å². The van der Waals surface area contributed by atoms with E-state index >= 15 is 0 Å². The van der Waals surface area contributed by atoms with Crippen LogP contribution in [0.2, 0.25) is 0 Å². The lowest BCUT2D eigenvalue weighted by molar-refractivity contribution is -0.124. The van der Waals surface area contributed by atoms with Crippen molar-refractivity contribution in [2.75, 3.05) is 40.0 Å². The second-order valence-electron chi connectivity index (χ2n) is 6.57. The van der Waals surface area contributed by atoms with Gasteiger partial charge in [-0.05, 0) is 31.5 Å². The molecule has 1 heterocycles. The first-order chi connectivity index (χ1) is 12.5. The van der Waals surface area contributed by atoms with Crippen LogP contribution in [0, 0.1) is 0 Å². The molecule has 1 aromatic carbocycles. The second kappa shape index (κ2) is 10.3. The van der Waals surface area contributed by atoms with E-state index in [2.05, 4.69) is 24.1 Å². The van der Waals surface area contributed by atoms with Crippen molar-refractivity contribution in [1.82, 2.24) is 10.2 Å². The van der Waals surface area contributed by atoms with E-state index in [1.807, 2.05) is 12.1 Å². The molecule has 0 aliphatic carbocycles. The molecular weight excluding hydrogens is 336 g/mol. The predicted octanol–water partition coefficient (Wildman–Crippen LogP) is 1.22. The third-order valence-electron chi connectivity index (χ3n) is 4.05. The van der Waals surface area contributed by atoms with Crippen LogP contribution < -0.4 is 5.32 Å². The van der Waals surface area contributed by atoms with Gasteiger partial charge in [-0.25, -0.2) is 4.79 Å². The summed E-state index contributed by atoms with van der Waals surface area (Å²) in [4.78, 5) is 25.9. The maximum atomic E-state index is 12.0. The SMILES string of the molecule is COCCNC(=O)COC(=O)c1ccc(CN2CC(C)OC(C)C2)cc1. The number of esters is 1. The minimum atomic E-state index is -0.507. The molecule has 1 amide bonds. The smallest absolute Gasteiger partial charge is 0.338 e. The molecule has 26 heavy (non-hydrogen) atoms. The number of morpholine rings is 1. The van der Waals surface area contributed by atoms with Crippen molar-refractivity contribution >= 4 is 11.9 Å². The van der Waals surface area contributed by atoms with E-state index in [-0.39, 0.29) is 24.7 Å². The Balaban J connectivity index is 1.79. The van der Waals surface area contributed by atoms with Gasteiger partial charge in [0.1, 0.15) is 0 Å². The topological polar surface area (TPSA) is 77.1 Å². The average molecular weight is 364 g/mol. The molecule has 0 bridgehead atoms. The molecule has 1 aliphatic rings. The van der Waals surface area contributed by atoms with Gasteiger partial charge in [0.05, 0.1) is 24.4 Å². The molecule has 1 fully saturated rings. The number of benzene rings is 1. The standard InChI is InChI=1S/C19H28N2O5/c1-14-10-21(11-15(2)26-14)12-16-4-6-17(7-5-16)19(23)25-13-18(22)20-8-9-24-3/h4-7,14-15H,8-13H2,1-3H3,(H,20,22). The summed E-state index contributed by atoms with van der Waals surface area (Å²) in [6, 6.07) is 7.29. The van der Waals surface area contributed by atoms with Crippen molar-refractivity contribution < 1.29 is 23.8 Å². The zero-order valence-electron chi connectivity index (χ0n) is 15.7. The van der Waals surface area contributed by atoms with Gasteiger partial charge in [-0.15, -0.1) is 0 Å². The van der Waals surface area contributed by atoms with Crippen LogP contribution in [0.1, 0.15) is 29.8 Å². The van der Waals surface area contributed by atoms with Gasteiger partial charge in [0, 0.05) is 33.3 Å². The number of nitrogens with zero attached hydrogens (tertiary/aromatic N) is 1. The largest absolute Gasteiger partial charge is 0.452 e. The highest BCUT2D eigenvalue weighted by molar-refractivity contribution is 5.91. The first-order valence-electron chi connectivity index (χ1n) is 8.87. The van der Waals surface area contributed by atoms with Crippen molar-refractivity contribution in [1.29, 1.82) is 0 Å². The molecule has 0 aromatic heterocycles. The molecule has 1 aromatic rings. The van der Waals surface area contributed by atoms with Crippen LogP contribution in [-0.4, -0.2) is 68.9 Å². The molecule has 1 saturated heterocycles. The maximum absolute atomic E-state index is 12.0. The molecule has 2 rings (SSSR count). The summed E-state index contributed by atoms with van der Waals surface area (Å²) >= 11 is 0. The Morgan fingerprint density at radius 3 is 2.46 bits per heavy atom. The van der Waals surface area contributed by atoms with E-state index in [0.717, 1.165) is 25.2 Å². The molecule has 7 heteroatoms. The van der Waals surface area contributed by atoms with Crippen LogP contribution in [0.25, 0.3) is 0 Å². The third-order valence-corrected chi connectivity index (χ3v) is 4.05. The van der Waals surface area contributed by atoms with Crippen molar-refractivity contribution in [2.24, 2.45) is 0 Å². The summed E-state index contributed by atoms with van der Waals surface area (Å²) in [5.41, 5.74) is 1.56. The number of hydrogen-bond acceptors (Lipinski definition) is 6. The van der Waals surface area contributed by atoms with Gasteiger partial charge in [0.15, 0.2) is 6.61 Å². The molecule has 1 aliphatic heterocycles.